The molecule has 1 amide bonds. The first-order valence-corrected chi connectivity index (χ1v) is 14.1. The van der Waals surface area contributed by atoms with Crippen molar-refractivity contribution < 1.29 is 4.79 Å². The smallest absolute Gasteiger partial charge is 0.255 e. The number of halogens is 1. The van der Waals surface area contributed by atoms with E-state index < -0.39 is 0 Å². The molecule has 6 nitrogen and oxygen atoms in total. The molecule has 3 N–H and O–H groups in total. The highest BCUT2D eigenvalue weighted by Gasteiger charge is 2.12. The first-order chi connectivity index (χ1) is 19.8. The third-order valence-electron chi connectivity index (χ3n) is 5.96. The third-order valence-corrected chi connectivity index (χ3v) is 6.22. The topological polar surface area (TPSA) is 68.8 Å². The van der Waals surface area contributed by atoms with E-state index in [0.717, 1.165) is 40.3 Å². The summed E-state index contributed by atoms with van der Waals surface area (Å²) < 4.78 is 0. The lowest BCUT2D eigenvalue weighted by Gasteiger charge is -2.21. The van der Waals surface area contributed by atoms with Gasteiger partial charge in [0.25, 0.3) is 5.91 Å². The molecule has 0 bridgehead atoms. The molecule has 3 aromatic carbocycles. The second-order valence-electron chi connectivity index (χ2n) is 8.98. The molecule has 0 aromatic heterocycles. The van der Waals surface area contributed by atoms with Crippen molar-refractivity contribution in [3.8, 4) is 11.1 Å². The number of amides is 1. The van der Waals surface area contributed by atoms with Crippen LogP contribution in [0.15, 0.2) is 114 Å². The van der Waals surface area contributed by atoms with Crippen LogP contribution < -0.4 is 16.0 Å². The van der Waals surface area contributed by atoms with Gasteiger partial charge in [0, 0.05) is 54.4 Å². The summed E-state index contributed by atoms with van der Waals surface area (Å²) in [5.41, 5.74) is 6.03. The molecule has 0 spiro atoms. The molecule has 0 unspecified atom stereocenters. The van der Waals surface area contributed by atoms with E-state index in [2.05, 4.69) is 34.7 Å². The predicted octanol–water partition coefficient (Wildman–Crippen LogP) is 8.24. The molecule has 0 atom stereocenters. The molecule has 216 valence electrons. The average Bonchev–Trinajstić information content (AvgIpc) is 3.00. The summed E-state index contributed by atoms with van der Waals surface area (Å²) in [6, 6.07) is 22.7. The van der Waals surface area contributed by atoms with Crippen LogP contribution in [0.25, 0.3) is 11.1 Å². The number of likely N-dealkylation sites (N-methyl/N-ethyl adjacent to an activating group) is 2. The Morgan fingerprint density at radius 3 is 2.02 bits per heavy atom. The Balaban J connectivity index is 0.00000287. The summed E-state index contributed by atoms with van der Waals surface area (Å²) in [5.74, 6) is 0.665. The number of amidine groups is 1. The monoisotopic (exact) mass is 571 g/mol. The fourth-order valence-corrected chi connectivity index (χ4v) is 3.94. The number of benzene rings is 3. The number of aliphatic imine (C=N–C) groups is 1. The summed E-state index contributed by atoms with van der Waals surface area (Å²) in [6.07, 6.45) is 7.02. The van der Waals surface area contributed by atoms with E-state index in [4.69, 9.17) is 16.6 Å². The number of hydrogen-bond donors (Lipinski definition) is 3. The molecule has 0 aliphatic carbocycles. The highest BCUT2D eigenvalue weighted by atomic mass is 35.5. The van der Waals surface area contributed by atoms with Crippen molar-refractivity contribution in [3.05, 3.63) is 119 Å². The van der Waals surface area contributed by atoms with Crippen molar-refractivity contribution in [2.45, 2.75) is 27.2 Å². The first-order valence-electron chi connectivity index (χ1n) is 13.7. The predicted molar refractivity (Wildman–Crippen MR) is 178 cm³/mol. The Bertz CT molecular complexity index is 1340. The zero-order valence-corrected chi connectivity index (χ0v) is 25.7. The minimum Gasteiger partial charge on any atom is -0.388 e. The molecular weight excluding hydrogens is 530 g/mol. The first kappa shape index (κ1) is 32.9. The number of rotatable bonds is 11. The standard InChI is InChI=1S/C32H36ClN5O.C2H6/c1-6-7-8-9-30(23(2)34-3)31(38(4)5)36-22-35-28-18-20-29(21-19-28)37-32(39)26-12-10-24(11-13-26)25-14-16-27(33)17-15-25;1-2/h6-7,9-21,34-35H,2,8,22H2,1,3-5H3,(H,37,39);1-2H3/b7-6-,30-9+,36-31+;. The van der Waals surface area contributed by atoms with Crippen LogP contribution in [0.2, 0.25) is 5.02 Å². The van der Waals surface area contributed by atoms with Gasteiger partial charge in [-0.1, -0.05) is 74.5 Å². The van der Waals surface area contributed by atoms with Crippen LogP contribution in [-0.4, -0.2) is 44.5 Å². The van der Waals surface area contributed by atoms with Crippen LogP contribution in [0.4, 0.5) is 11.4 Å². The van der Waals surface area contributed by atoms with Crippen LogP contribution >= 0.6 is 11.6 Å². The highest BCUT2D eigenvalue weighted by molar-refractivity contribution is 6.30. The van der Waals surface area contributed by atoms with Gasteiger partial charge in [-0.2, -0.15) is 0 Å². The largest absolute Gasteiger partial charge is 0.388 e. The number of carbonyl (C=O) groups excluding carboxylic acids is 1. The Kier molecular flexibility index (Phi) is 14.0. The van der Waals surface area contributed by atoms with Gasteiger partial charge in [-0.05, 0) is 73.0 Å². The molecule has 0 saturated carbocycles. The number of nitrogens with zero attached hydrogens (tertiary/aromatic N) is 2. The number of nitrogens with one attached hydrogen (secondary N) is 3. The van der Waals surface area contributed by atoms with Crippen molar-refractivity contribution >= 4 is 34.7 Å². The molecule has 7 heteroatoms. The summed E-state index contributed by atoms with van der Waals surface area (Å²) in [5, 5.41) is 10.1. The molecule has 3 aromatic rings. The van der Waals surface area contributed by atoms with Crippen LogP contribution in [0, 0.1) is 0 Å². The number of carbonyl (C=O) groups is 1. The molecule has 0 heterocycles. The quantitative estimate of drug-likeness (QED) is 0.0938. The van der Waals surface area contributed by atoms with Crippen LogP contribution in [-0.2, 0) is 0 Å². The Hall–Kier alpha value is -4.29. The molecule has 41 heavy (non-hydrogen) atoms. The van der Waals surface area contributed by atoms with Crippen molar-refractivity contribution in [1.82, 2.24) is 10.2 Å². The van der Waals surface area contributed by atoms with E-state index in [-0.39, 0.29) is 5.91 Å². The van der Waals surface area contributed by atoms with E-state index in [1.165, 1.54) is 0 Å². The van der Waals surface area contributed by atoms with Gasteiger partial charge in [0.15, 0.2) is 0 Å². The maximum absolute atomic E-state index is 12.8. The van der Waals surface area contributed by atoms with Crippen LogP contribution in [0.3, 0.4) is 0 Å². The molecule has 0 aliphatic heterocycles. The molecule has 3 rings (SSSR count). The number of allylic oxidation sites excluding steroid dienone is 3. The van der Waals surface area contributed by atoms with Gasteiger partial charge < -0.3 is 20.9 Å². The second-order valence-corrected chi connectivity index (χ2v) is 9.41. The van der Waals surface area contributed by atoms with Gasteiger partial charge in [0.05, 0.1) is 0 Å². The average molecular weight is 572 g/mol. The highest BCUT2D eigenvalue weighted by Crippen LogP contribution is 2.22. The molecular formula is C34H42ClN5O. The Labute approximate surface area is 250 Å². The molecule has 0 radical (unpaired) electrons. The fraction of sp³-hybridized carbons (Fsp3) is 0.235. The van der Waals surface area contributed by atoms with Crippen molar-refractivity contribution in [1.29, 1.82) is 0 Å². The van der Waals surface area contributed by atoms with Gasteiger partial charge in [0.1, 0.15) is 12.5 Å². The maximum atomic E-state index is 12.8. The minimum absolute atomic E-state index is 0.166. The lowest BCUT2D eigenvalue weighted by Crippen LogP contribution is -2.28. The lowest BCUT2D eigenvalue weighted by atomic mass is 10.0. The van der Waals surface area contributed by atoms with E-state index in [0.29, 0.717) is 22.9 Å². The summed E-state index contributed by atoms with van der Waals surface area (Å²) in [7, 11) is 5.79. The van der Waals surface area contributed by atoms with Crippen molar-refractivity contribution in [2.24, 2.45) is 4.99 Å². The summed E-state index contributed by atoms with van der Waals surface area (Å²) in [6.45, 7) is 10.5. The van der Waals surface area contributed by atoms with E-state index >= 15 is 0 Å². The molecule has 0 fully saturated rings. The third kappa shape index (κ3) is 10.3. The van der Waals surface area contributed by atoms with Crippen molar-refractivity contribution in [3.63, 3.8) is 0 Å². The van der Waals surface area contributed by atoms with Gasteiger partial charge in [0.2, 0.25) is 0 Å². The fourth-order valence-electron chi connectivity index (χ4n) is 3.81. The Morgan fingerprint density at radius 2 is 1.49 bits per heavy atom. The number of hydrogen-bond acceptors (Lipinski definition) is 4. The molecule has 0 aliphatic rings. The minimum atomic E-state index is -0.166. The van der Waals surface area contributed by atoms with E-state index in [1.807, 2.05) is 126 Å². The summed E-state index contributed by atoms with van der Waals surface area (Å²) >= 11 is 5.97. The van der Waals surface area contributed by atoms with Gasteiger partial charge in [-0.3, -0.25) is 4.79 Å². The molecule has 0 saturated heterocycles. The van der Waals surface area contributed by atoms with E-state index in [1.54, 1.807) is 0 Å². The Morgan fingerprint density at radius 1 is 0.927 bits per heavy atom. The van der Waals surface area contributed by atoms with Crippen molar-refractivity contribution in [2.75, 3.05) is 38.4 Å². The zero-order valence-electron chi connectivity index (χ0n) is 25.0. The SMILES string of the molecule is C=C(NC)C(=C\C/C=C\C)/C(=N\CNc1ccc(NC(=O)c2ccc(-c3ccc(Cl)cc3)cc2)cc1)N(C)C.CC. The van der Waals surface area contributed by atoms with Crippen LogP contribution in [0.1, 0.15) is 37.6 Å². The van der Waals surface area contributed by atoms with E-state index in [9.17, 15) is 4.79 Å². The lowest BCUT2D eigenvalue weighted by molar-refractivity contribution is 0.102. The normalized spacial score (nSPS) is 11.4. The maximum Gasteiger partial charge on any atom is 0.255 e. The van der Waals surface area contributed by atoms with Crippen LogP contribution in [0.5, 0.6) is 0 Å². The summed E-state index contributed by atoms with van der Waals surface area (Å²) in [4.78, 5) is 19.5. The second kappa shape index (κ2) is 17.4. The van der Waals surface area contributed by atoms with Gasteiger partial charge in [-0.15, -0.1) is 0 Å². The van der Waals surface area contributed by atoms with Gasteiger partial charge >= 0.3 is 0 Å². The zero-order chi connectivity index (χ0) is 30.2. The number of anilines is 2. The van der Waals surface area contributed by atoms with Gasteiger partial charge in [-0.25, -0.2) is 4.99 Å².